The van der Waals surface area contributed by atoms with Gasteiger partial charge < -0.3 is 10.1 Å². The van der Waals surface area contributed by atoms with Crippen molar-refractivity contribution in [1.29, 1.82) is 0 Å². The van der Waals surface area contributed by atoms with Crippen molar-refractivity contribution in [1.82, 2.24) is 10.3 Å². The minimum atomic E-state index is 0.487. The Bertz CT molecular complexity index is 318. The molecule has 0 saturated heterocycles. The molecule has 0 aliphatic carbocycles. The average molecular weight is 287 g/mol. The second-order valence-electron chi connectivity index (χ2n) is 4.32. The lowest BCUT2D eigenvalue weighted by molar-refractivity contribution is 0.252. The molecule has 1 aromatic rings. The zero-order valence-corrected chi connectivity index (χ0v) is 11.6. The van der Waals surface area contributed by atoms with E-state index in [1.54, 1.807) is 12.4 Å². The summed E-state index contributed by atoms with van der Waals surface area (Å²) >= 11 is 3.36. The third-order valence-corrected chi connectivity index (χ3v) is 2.52. The standard InChI is InChI=1S/C12H19BrN2O/c1-9(2)15-5-10(3)8-16-12-4-11(13)6-14-7-12/h4,6-7,9-10,15H,5,8H2,1-3H3. The topological polar surface area (TPSA) is 34.1 Å². The summed E-state index contributed by atoms with van der Waals surface area (Å²) in [7, 11) is 0. The molecular formula is C12H19BrN2O. The SMILES string of the molecule is CC(CNC(C)C)COc1cncc(Br)c1. The van der Waals surface area contributed by atoms with Gasteiger partial charge in [-0.2, -0.15) is 0 Å². The summed E-state index contributed by atoms with van der Waals surface area (Å²) in [5, 5.41) is 3.39. The number of halogens is 1. The van der Waals surface area contributed by atoms with Crippen molar-refractivity contribution in [3.05, 3.63) is 22.9 Å². The zero-order valence-electron chi connectivity index (χ0n) is 10.0. The summed E-state index contributed by atoms with van der Waals surface area (Å²) < 4.78 is 6.59. The van der Waals surface area contributed by atoms with E-state index in [0.717, 1.165) is 16.8 Å². The average Bonchev–Trinajstić information content (AvgIpc) is 2.23. The quantitative estimate of drug-likeness (QED) is 0.873. The van der Waals surface area contributed by atoms with Crippen molar-refractivity contribution in [3.63, 3.8) is 0 Å². The monoisotopic (exact) mass is 286 g/mol. The van der Waals surface area contributed by atoms with Gasteiger partial charge in [0.25, 0.3) is 0 Å². The molecular weight excluding hydrogens is 268 g/mol. The van der Waals surface area contributed by atoms with Crippen LogP contribution in [-0.4, -0.2) is 24.2 Å². The van der Waals surface area contributed by atoms with Gasteiger partial charge in [0.1, 0.15) is 5.75 Å². The second-order valence-corrected chi connectivity index (χ2v) is 5.23. The summed E-state index contributed by atoms with van der Waals surface area (Å²) in [6, 6.07) is 2.45. The number of hydrogen-bond donors (Lipinski definition) is 1. The highest BCUT2D eigenvalue weighted by Gasteiger charge is 2.04. The summed E-state index contributed by atoms with van der Waals surface area (Å²) in [4.78, 5) is 4.05. The van der Waals surface area contributed by atoms with Gasteiger partial charge in [0.15, 0.2) is 0 Å². The maximum absolute atomic E-state index is 5.65. The number of pyridine rings is 1. The third-order valence-electron chi connectivity index (χ3n) is 2.09. The first-order valence-corrected chi connectivity index (χ1v) is 6.34. The van der Waals surface area contributed by atoms with Gasteiger partial charge in [-0.25, -0.2) is 0 Å². The first-order valence-electron chi connectivity index (χ1n) is 5.54. The molecule has 0 aromatic carbocycles. The van der Waals surface area contributed by atoms with Gasteiger partial charge in [0.05, 0.1) is 12.8 Å². The molecule has 1 aromatic heterocycles. The number of rotatable bonds is 6. The first kappa shape index (κ1) is 13.5. The van der Waals surface area contributed by atoms with E-state index >= 15 is 0 Å². The molecule has 0 saturated carbocycles. The molecule has 0 spiro atoms. The Hall–Kier alpha value is -0.610. The van der Waals surface area contributed by atoms with Gasteiger partial charge >= 0.3 is 0 Å². The second kappa shape index (κ2) is 6.86. The highest BCUT2D eigenvalue weighted by atomic mass is 79.9. The number of aromatic nitrogens is 1. The van der Waals surface area contributed by atoms with E-state index in [1.807, 2.05) is 6.07 Å². The van der Waals surface area contributed by atoms with Crippen LogP contribution in [0.2, 0.25) is 0 Å². The van der Waals surface area contributed by atoms with E-state index < -0.39 is 0 Å². The van der Waals surface area contributed by atoms with Crippen molar-refractivity contribution in [2.45, 2.75) is 26.8 Å². The number of ether oxygens (including phenoxy) is 1. The highest BCUT2D eigenvalue weighted by Crippen LogP contribution is 2.16. The molecule has 1 atom stereocenters. The van der Waals surface area contributed by atoms with Crippen LogP contribution in [0.25, 0.3) is 0 Å². The molecule has 0 aliphatic heterocycles. The first-order chi connectivity index (χ1) is 7.58. The van der Waals surface area contributed by atoms with Crippen LogP contribution in [0.3, 0.4) is 0 Å². The van der Waals surface area contributed by atoms with Gasteiger partial charge in [-0.05, 0) is 22.0 Å². The maximum atomic E-state index is 5.65. The fraction of sp³-hybridized carbons (Fsp3) is 0.583. The third kappa shape index (κ3) is 5.47. The fourth-order valence-electron chi connectivity index (χ4n) is 1.21. The largest absolute Gasteiger partial charge is 0.492 e. The van der Waals surface area contributed by atoms with E-state index in [0.29, 0.717) is 18.6 Å². The van der Waals surface area contributed by atoms with E-state index in [1.165, 1.54) is 0 Å². The van der Waals surface area contributed by atoms with Crippen molar-refractivity contribution >= 4 is 15.9 Å². The van der Waals surface area contributed by atoms with Crippen molar-refractivity contribution in [2.24, 2.45) is 5.92 Å². The molecule has 1 rings (SSSR count). The summed E-state index contributed by atoms with van der Waals surface area (Å²) in [6.45, 7) is 8.13. The van der Waals surface area contributed by atoms with Crippen LogP contribution in [0, 0.1) is 5.92 Å². The molecule has 90 valence electrons. The summed E-state index contributed by atoms with van der Waals surface area (Å²) in [5.41, 5.74) is 0. The summed E-state index contributed by atoms with van der Waals surface area (Å²) in [5.74, 6) is 1.30. The fourth-order valence-corrected chi connectivity index (χ4v) is 1.55. The van der Waals surface area contributed by atoms with Crippen molar-refractivity contribution in [2.75, 3.05) is 13.2 Å². The number of nitrogens with one attached hydrogen (secondary N) is 1. The van der Waals surface area contributed by atoms with E-state index in [-0.39, 0.29) is 0 Å². The zero-order chi connectivity index (χ0) is 12.0. The van der Waals surface area contributed by atoms with Crippen LogP contribution >= 0.6 is 15.9 Å². The Kier molecular flexibility index (Phi) is 5.77. The lowest BCUT2D eigenvalue weighted by atomic mass is 10.2. The van der Waals surface area contributed by atoms with E-state index in [9.17, 15) is 0 Å². The Morgan fingerprint density at radius 1 is 1.38 bits per heavy atom. The number of hydrogen-bond acceptors (Lipinski definition) is 3. The molecule has 0 aliphatic rings. The van der Waals surface area contributed by atoms with Gasteiger partial charge in [0.2, 0.25) is 0 Å². The lowest BCUT2D eigenvalue weighted by Crippen LogP contribution is -2.30. The molecule has 0 radical (unpaired) electrons. The highest BCUT2D eigenvalue weighted by molar-refractivity contribution is 9.10. The van der Waals surface area contributed by atoms with Crippen molar-refractivity contribution in [3.8, 4) is 5.75 Å². The Balaban J connectivity index is 2.28. The minimum Gasteiger partial charge on any atom is -0.492 e. The molecule has 16 heavy (non-hydrogen) atoms. The normalized spacial score (nSPS) is 12.8. The molecule has 0 bridgehead atoms. The van der Waals surface area contributed by atoms with Crippen LogP contribution in [0.4, 0.5) is 0 Å². The molecule has 1 unspecified atom stereocenters. The van der Waals surface area contributed by atoms with Crippen LogP contribution in [0.1, 0.15) is 20.8 Å². The molecule has 3 nitrogen and oxygen atoms in total. The lowest BCUT2D eigenvalue weighted by Gasteiger charge is -2.15. The molecule has 1 N–H and O–H groups in total. The predicted octanol–water partition coefficient (Wildman–Crippen LogP) is 2.86. The van der Waals surface area contributed by atoms with E-state index in [2.05, 4.69) is 47.0 Å². The van der Waals surface area contributed by atoms with Crippen molar-refractivity contribution < 1.29 is 4.74 Å². The predicted molar refractivity (Wildman–Crippen MR) is 69.7 cm³/mol. The minimum absolute atomic E-state index is 0.487. The van der Waals surface area contributed by atoms with Crippen LogP contribution in [-0.2, 0) is 0 Å². The Morgan fingerprint density at radius 2 is 2.12 bits per heavy atom. The Morgan fingerprint density at radius 3 is 2.75 bits per heavy atom. The van der Waals surface area contributed by atoms with Gasteiger partial charge in [0, 0.05) is 29.2 Å². The molecule has 0 amide bonds. The molecule has 1 heterocycles. The molecule has 4 heteroatoms. The van der Waals surface area contributed by atoms with Gasteiger partial charge in [-0.1, -0.05) is 20.8 Å². The number of nitrogens with zero attached hydrogens (tertiary/aromatic N) is 1. The van der Waals surface area contributed by atoms with E-state index in [4.69, 9.17) is 4.74 Å². The van der Waals surface area contributed by atoms with Gasteiger partial charge in [-0.3, -0.25) is 4.98 Å². The maximum Gasteiger partial charge on any atom is 0.138 e. The molecule has 0 fully saturated rings. The smallest absolute Gasteiger partial charge is 0.138 e. The van der Waals surface area contributed by atoms with Crippen LogP contribution in [0.15, 0.2) is 22.9 Å². The van der Waals surface area contributed by atoms with Crippen LogP contribution in [0.5, 0.6) is 5.75 Å². The van der Waals surface area contributed by atoms with Crippen LogP contribution < -0.4 is 10.1 Å². The Labute approximate surface area is 106 Å². The van der Waals surface area contributed by atoms with Gasteiger partial charge in [-0.15, -0.1) is 0 Å². The summed E-state index contributed by atoms with van der Waals surface area (Å²) in [6.07, 6.45) is 3.48.